The highest BCUT2D eigenvalue weighted by Crippen LogP contribution is 2.17. The van der Waals surface area contributed by atoms with Crippen LogP contribution in [-0.2, 0) is 6.54 Å². The Labute approximate surface area is 153 Å². The van der Waals surface area contributed by atoms with Gasteiger partial charge >= 0.3 is 0 Å². The second kappa shape index (κ2) is 7.90. The molecule has 0 aliphatic carbocycles. The van der Waals surface area contributed by atoms with E-state index in [1.807, 2.05) is 30.3 Å². The molecule has 3 aromatic rings. The summed E-state index contributed by atoms with van der Waals surface area (Å²) >= 11 is 3.38. The minimum atomic E-state index is -0.369. The number of aromatic nitrogens is 1. The summed E-state index contributed by atoms with van der Waals surface area (Å²) in [5.41, 5.74) is 3.00. The predicted molar refractivity (Wildman–Crippen MR) is 100 cm³/mol. The minimum Gasteiger partial charge on any atom is -0.380 e. The van der Waals surface area contributed by atoms with Crippen molar-refractivity contribution in [3.05, 3.63) is 88.4 Å². The van der Waals surface area contributed by atoms with Gasteiger partial charge in [-0.25, -0.2) is 4.39 Å². The average molecular weight is 400 g/mol. The third-order valence-corrected chi connectivity index (χ3v) is 3.93. The lowest BCUT2D eigenvalue weighted by atomic mass is 10.1. The van der Waals surface area contributed by atoms with Gasteiger partial charge in [-0.3, -0.25) is 9.78 Å². The molecule has 2 N–H and O–H groups in total. The van der Waals surface area contributed by atoms with Crippen LogP contribution in [-0.4, -0.2) is 10.9 Å². The number of amides is 1. The molecule has 0 bridgehead atoms. The van der Waals surface area contributed by atoms with E-state index in [0.717, 1.165) is 15.7 Å². The molecule has 25 heavy (non-hydrogen) atoms. The molecule has 0 spiro atoms. The van der Waals surface area contributed by atoms with E-state index in [9.17, 15) is 9.18 Å². The van der Waals surface area contributed by atoms with Gasteiger partial charge in [0, 0.05) is 28.5 Å². The number of nitrogens with zero attached hydrogens (tertiary/aromatic N) is 1. The molecular formula is C19H15BrFN3O. The van der Waals surface area contributed by atoms with Gasteiger partial charge in [0.25, 0.3) is 5.91 Å². The molecule has 0 radical (unpaired) electrons. The van der Waals surface area contributed by atoms with Gasteiger partial charge in [0.15, 0.2) is 0 Å². The van der Waals surface area contributed by atoms with Crippen molar-refractivity contribution >= 4 is 33.2 Å². The van der Waals surface area contributed by atoms with Crippen LogP contribution in [0.5, 0.6) is 0 Å². The molecule has 3 rings (SSSR count). The lowest BCUT2D eigenvalue weighted by Gasteiger charge is -2.09. The van der Waals surface area contributed by atoms with Crippen molar-refractivity contribution in [3.8, 4) is 0 Å². The fourth-order valence-electron chi connectivity index (χ4n) is 2.28. The Morgan fingerprint density at radius 1 is 1.04 bits per heavy atom. The molecule has 0 aliphatic rings. The Hall–Kier alpha value is -2.73. The molecule has 0 aliphatic heterocycles. The number of hydrogen-bond donors (Lipinski definition) is 2. The number of anilines is 2. The SMILES string of the molecule is O=C(Nc1cccc(CNc2cncc(Br)c2)c1)c1ccc(F)cc1. The van der Waals surface area contributed by atoms with E-state index >= 15 is 0 Å². The highest BCUT2D eigenvalue weighted by molar-refractivity contribution is 9.10. The van der Waals surface area contributed by atoms with Gasteiger partial charge in [0.05, 0.1) is 11.9 Å². The Kier molecular flexibility index (Phi) is 5.40. The van der Waals surface area contributed by atoms with Crippen LogP contribution in [0.1, 0.15) is 15.9 Å². The van der Waals surface area contributed by atoms with Crippen molar-refractivity contribution in [2.45, 2.75) is 6.54 Å². The van der Waals surface area contributed by atoms with Crippen molar-refractivity contribution in [1.29, 1.82) is 0 Å². The van der Waals surface area contributed by atoms with Crippen LogP contribution < -0.4 is 10.6 Å². The Bertz CT molecular complexity index is 884. The first kappa shape index (κ1) is 17.1. The second-order valence-electron chi connectivity index (χ2n) is 5.41. The molecule has 4 nitrogen and oxygen atoms in total. The van der Waals surface area contributed by atoms with Crippen molar-refractivity contribution in [2.24, 2.45) is 0 Å². The molecule has 0 saturated carbocycles. The first-order valence-corrected chi connectivity index (χ1v) is 8.40. The van der Waals surface area contributed by atoms with Crippen molar-refractivity contribution < 1.29 is 9.18 Å². The summed E-state index contributed by atoms with van der Waals surface area (Å²) in [7, 11) is 0. The van der Waals surface area contributed by atoms with E-state index in [-0.39, 0.29) is 11.7 Å². The molecule has 1 heterocycles. The molecular weight excluding hydrogens is 385 g/mol. The van der Waals surface area contributed by atoms with E-state index in [1.165, 1.54) is 24.3 Å². The number of carbonyl (C=O) groups is 1. The lowest BCUT2D eigenvalue weighted by Crippen LogP contribution is -2.12. The lowest BCUT2D eigenvalue weighted by molar-refractivity contribution is 0.102. The normalized spacial score (nSPS) is 10.3. The van der Waals surface area contributed by atoms with Crippen LogP contribution in [0.15, 0.2) is 71.5 Å². The number of nitrogens with one attached hydrogen (secondary N) is 2. The number of benzene rings is 2. The summed E-state index contributed by atoms with van der Waals surface area (Å²) in [5.74, 6) is -0.645. The van der Waals surface area contributed by atoms with Crippen LogP contribution >= 0.6 is 15.9 Å². The van der Waals surface area contributed by atoms with Gasteiger partial charge in [0.2, 0.25) is 0 Å². The van der Waals surface area contributed by atoms with E-state index in [0.29, 0.717) is 17.8 Å². The number of rotatable bonds is 5. The van der Waals surface area contributed by atoms with E-state index in [2.05, 4.69) is 31.5 Å². The smallest absolute Gasteiger partial charge is 0.255 e. The number of pyridine rings is 1. The van der Waals surface area contributed by atoms with E-state index < -0.39 is 0 Å². The van der Waals surface area contributed by atoms with Gasteiger partial charge in [-0.05, 0) is 64.0 Å². The molecule has 0 fully saturated rings. The molecule has 6 heteroatoms. The molecule has 126 valence electrons. The van der Waals surface area contributed by atoms with Crippen molar-refractivity contribution in [2.75, 3.05) is 10.6 Å². The number of hydrogen-bond acceptors (Lipinski definition) is 3. The average Bonchev–Trinajstić information content (AvgIpc) is 2.61. The summed E-state index contributed by atoms with van der Waals surface area (Å²) in [5, 5.41) is 6.09. The first-order chi connectivity index (χ1) is 12.1. The van der Waals surface area contributed by atoms with Crippen LogP contribution in [0.25, 0.3) is 0 Å². The van der Waals surface area contributed by atoms with E-state index in [1.54, 1.807) is 12.4 Å². The fraction of sp³-hybridized carbons (Fsp3) is 0.0526. The Balaban J connectivity index is 1.64. The molecule has 0 atom stereocenters. The zero-order chi connectivity index (χ0) is 17.6. The monoisotopic (exact) mass is 399 g/mol. The van der Waals surface area contributed by atoms with Gasteiger partial charge in [0.1, 0.15) is 5.82 Å². The quantitative estimate of drug-likeness (QED) is 0.644. The predicted octanol–water partition coefficient (Wildman–Crippen LogP) is 4.85. The molecule has 0 unspecified atom stereocenters. The maximum absolute atomic E-state index is 12.9. The number of carbonyl (C=O) groups excluding carboxylic acids is 1. The summed E-state index contributed by atoms with van der Waals surface area (Å²) in [6.45, 7) is 0.596. The highest BCUT2D eigenvalue weighted by atomic mass is 79.9. The third kappa shape index (κ3) is 4.87. The zero-order valence-corrected chi connectivity index (χ0v) is 14.8. The van der Waals surface area contributed by atoms with Crippen LogP contribution in [0.4, 0.5) is 15.8 Å². The summed E-state index contributed by atoms with van der Waals surface area (Å²) < 4.78 is 13.8. The highest BCUT2D eigenvalue weighted by Gasteiger charge is 2.06. The van der Waals surface area contributed by atoms with Crippen LogP contribution in [0.2, 0.25) is 0 Å². The second-order valence-corrected chi connectivity index (χ2v) is 6.32. The Morgan fingerprint density at radius 3 is 2.60 bits per heavy atom. The minimum absolute atomic E-state index is 0.277. The van der Waals surface area contributed by atoms with Crippen molar-refractivity contribution in [3.63, 3.8) is 0 Å². The van der Waals surface area contributed by atoms with Gasteiger partial charge in [-0.1, -0.05) is 12.1 Å². The van der Waals surface area contributed by atoms with Crippen LogP contribution in [0, 0.1) is 5.82 Å². The Morgan fingerprint density at radius 2 is 1.84 bits per heavy atom. The van der Waals surface area contributed by atoms with Gasteiger partial charge < -0.3 is 10.6 Å². The first-order valence-electron chi connectivity index (χ1n) is 7.60. The molecule has 2 aromatic carbocycles. The third-order valence-electron chi connectivity index (χ3n) is 3.49. The van der Waals surface area contributed by atoms with Crippen molar-refractivity contribution in [1.82, 2.24) is 4.98 Å². The van der Waals surface area contributed by atoms with Gasteiger partial charge in [-0.2, -0.15) is 0 Å². The largest absolute Gasteiger partial charge is 0.380 e. The molecule has 1 amide bonds. The molecule has 0 saturated heterocycles. The topological polar surface area (TPSA) is 54.0 Å². The maximum atomic E-state index is 12.9. The standard InChI is InChI=1S/C19H15BrFN3O/c20-15-9-18(12-22-11-15)23-10-13-2-1-3-17(8-13)24-19(25)14-4-6-16(21)7-5-14/h1-9,11-12,23H,10H2,(H,24,25). The summed E-state index contributed by atoms with van der Waals surface area (Å²) in [4.78, 5) is 16.3. The summed E-state index contributed by atoms with van der Waals surface area (Å²) in [6, 6.07) is 14.9. The van der Waals surface area contributed by atoms with Crippen LogP contribution in [0.3, 0.4) is 0 Å². The number of halogens is 2. The zero-order valence-electron chi connectivity index (χ0n) is 13.2. The molecule has 1 aromatic heterocycles. The van der Waals surface area contributed by atoms with E-state index in [4.69, 9.17) is 0 Å². The fourth-order valence-corrected chi connectivity index (χ4v) is 2.64. The summed E-state index contributed by atoms with van der Waals surface area (Å²) in [6.07, 6.45) is 3.46. The van der Waals surface area contributed by atoms with Gasteiger partial charge in [-0.15, -0.1) is 0 Å². The maximum Gasteiger partial charge on any atom is 0.255 e.